The van der Waals surface area contributed by atoms with Crippen molar-refractivity contribution < 1.29 is 0 Å². The molecule has 0 amide bonds. The smallest absolute Gasteiger partial charge is 0.0931 e. The molecule has 0 saturated heterocycles. The Morgan fingerprint density at radius 3 is 2.79 bits per heavy atom. The van der Waals surface area contributed by atoms with E-state index < -0.39 is 0 Å². The number of benzene rings is 1. The van der Waals surface area contributed by atoms with Gasteiger partial charge in [0.05, 0.1) is 10.4 Å². The van der Waals surface area contributed by atoms with Crippen molar-refractivity contribution in [2.75, 3.05) is 7.05 Å². The van der Waals surface area contributed by atoms with Crippen LogP contribution in [0, 0.1) is 0 Å². The van der Waals surface area contributed by atoms with Crippen LogP contribution in [0.1, 0.15) is 16.5 Å². The monoisotopic (exact) mass is 371 g/mol. The van der Waals surface area contributed by atoms with E-state index in [0.717, 1.165) is 8.81 Å². The molecule has 1 N–H and O–H groups in total. The largest absolute Gasteiger partial charge is 0.309 e. The lowest BCUT2D eigenvalue weighted by molar-refractivity contribution is 0.711. The Balaban J connectivity index is 2.14. The van der Waals surface area contributed by atoms with E-state index in [4.69, 9.17) is 11.6 Å². The molecule has 19 heavy (non-hydrogen) atoms. The summed E-state index contributed by atoms with van der Waals surface area (Å²) in [6.45, 7) is 0. The van der Waals surface area contributed by atoms with Crippen LogP contribution in [0.15, 0.2) is 40.2 Å². The Hall–Kier alpha value is -0.390. The van der Waals surface area contributed by atoms with E-state index in [1.807, 2.05) is 13.1 Å². The summed E-state index contributed by atoms with van der Waals surface area (Å²) in [6, 6.07) is 10.6. The highest BCUT2D eigenvalue weighted by Gasteiger charge is 2.18. The van der Waals surface area contributed by atoms with Crippen molar-refractivity contribution in [3.63, 3.8) is 0 Å². The molecule has 3 aromatic rings. The maximum Gasteiger partial charge on any atom is 0.0931 e. The van der Waals surface area contributed by atoms with Crippen LogP contribution in [0.5, 0.6) is 0 Å². The average molecular weight is 373 g/mol. The van der Waals surface area contributed by atoms with E-state index in [1.54, 1.807) is 22.7 Å². The first-order valence-corrected chi connectivity index (χ1v) is 8.65. The van der Waals surface area contributed by atoms with Crippen LogP contribution >= 0.6 is 50.2 Å². The first-order chi connectivity index (χ1) is 9.20. The molecule has 0 aliphatic heterocycles. The van der Waals surface area contributed by atoms with Gasteiger partial charge in [-0.05, 0) is 57.5 Å². The van der Waals surface area contributed by atoms with Crippen molar-refractivity contribution in [1.29, 1.82) is 0 Å². The standard InChI is InChI=1S/C14H11BrClNS2/c1-17-13(11-5-6-12(16)19-11)9-7-18-14-8(9)3-2-4-10(14)15/h2-7,13,17H,1H3. The van der Waals surface area contributed by atoms with Crippen LogP contribution in [0.2, 0.25) is 4.34 Å². The summed E-state index contributed by atoms with van der Waals surface area (Å²) in [5, 5.41) is 6.91. The number of hydrogen-bond acceptors (Lipinski definition) is 3. The summed E-state index contributed by atoms with van der Waals surface area (Å²) in [6.07, 6.45) is 0. The molecule has 2 heterocycles. The highest BCUT2D eigenvalue weighted by atomic mass is 79.9. The molecule has 0 radical (unpaired) electrons. The van der Waals surface area contributed by atoms with Crippen LogP contribution in [0.3, 0.4) is 0 Å². The van der Waals surface area contributed by atoms with Crippen LogP contribution in [0.4, 0.5) is 0 Å². The number of rotatable bonds is 3. The summed E-state index contributed by atoms with van der Waals surface area (Å²) in [5.74, 6) is 0. The van der Waals surface area contributed by atoms with Crippen molar-refractivity contribution in [3.8, 4) is 0 Å². The molecule has 1 unspecified atom stereocenters. The van der Waals surface area contributed by atoms with E-state index in [1.165, 1.54) is 20.5 Å². The Bertz CT molecular complexity index is 719. The summed E-state index contributed by atoms with van der Waals surface area (Å²) in [7, 11) is 1.99. The molecule has 0 aliphatic carbocycles. The highest BCUT2D eigenvalue weighted by molar-refractivity contribution is 9.10. The van der Waals surface area contributed by atoms with Crippen molar-refractivity contribution in [1.82, 2.24) is 5.32 Å². The normalized spacial score (nSPS) is 13.0. The van der Waals surface area contributed by atoms with Gasteiger partial charge < -0.3 is 5.32 Å². The fraction of sp³-hybridized carbons (Fsp3) is 0.143. The van der Waals surface area contributed by atoms with Crippen LogP contribution in [0.25, 0.3) is 10.1 Å². The zero-order chi connectivity index (χ0) is 13.4. The molecule has 0 bridgehead atoms. The van der Waals surface area contributed by atoms with E-state index in [-0.39, 0.29) is 6.04 Å². The predicted molar refractivity (Wildman–Crippen MR) is 89.8 cm³/mol. The molecule has 1 atom stereocenters. The topological polar surface area (TPSA) is 12.0 Å². The summed E-state index contributed by atoms with van der Waals surface area (Å²) in [5.41, 5.74) is 1.31. The molecule has 1 aromatic carbocycles. The summed E-state index contributed by atoms with van der Waals surface area (Å²) >= 11 is 13.1. The van der Waals surface area contributed by atoms with Gasteiger partial charge in [-0.3, -0.25) is 0 Å². The Labute approximate surface area is 133 Å². The minimum Gasteiger partial charge on any atom is -0.309 e. The average Bonchev–Trinajstić information content (AvgIpc) is 2.99. The van der Waals surface area contributed by atoms with E-state index in [0.29, 0.717) is 0 Å². The minimum absolute atomic E-state index is 0.195. The second-order valence-electron chi connectivity index (χ2n) is 4.17. The van der Waals surface area contributed by atoms with Crippen molar-refractivity contribution in [2.24, 2.45) is 0 Å². The molecule has 3 rings (SSSR count). The lowest BCUT2D eigenvalue weighted by Crippen LogP contribution is -2.15. The van der Waals surface area contributed by atoms with Gasteiger partial charge in [0.2, 0.25) is 0 Å². The molecular formula is C14H11BrClNS2. The fourth-order valence-electron chi connectivity index (χ4n) is 2.20. The van der Waals surface area contributed by atoms with Gasteiger partial charge in [0.1, 0.15) is 0 Å². The Kier molecular flexibility index (Phi) is 3.96. The van der Waals surface area contributed by atoms with Crippen molar-refractivity contribution in [3.05, 3.63) is 55.0 Å². The van der Waals surface area contributed by atoms with E-state index in [2.05, 4.69) is 50.9 Å². The third-order valence-electron chi connectivity index (χ3n) is 3.06. The van der Waals surface area contributed by atoms with Gasteiger partial charge in [-0.15, -0.1) is 22.7 Å². The summed E-state index contributed by atoms with van der Waals surface area (Å²) < 4.78 is 3.27. The van der Waals surface area contributed by atoms with Gasteiger partial charge in [-0.25, -0.2) is 0 Å². The molecule has 0 saturated carbocycles. The quantitative estimate of drug-likeness (QED) is 0.623. The second-order valence-corrected chi connectivity index (χ2v) is 7.65. The third kappa shape index (κ3) is 2.48. The van der Waals surface area contributed by atoms with Gasteiger partial charge in [0, 0.05) is 14.0 Å². The lowest BCUT2D eigenvalue weighted by atomic mass is 10.0. The number of halogens is 2. The van der Waals surface area contributed by atoms with Crippen LogP contribution in [-0.4, -0.2) is 7.05 Å². The fourth-order valence-corrected chi connectivity index (χ4v) is 5.04. The molecule has 0 spiro atoms. The zero-order valence-electron chi connectivity index (χ0n) is 10.1. The molecule has 0 aliphatic rings. The number of hydrogen-bond donors (Lipinski definition) is 1. The Morgan fingerprint density at radius 1 is 1.26 bits per heavy atom. The van der Waals surface area contributed by atoms with Gasteiger partial charge in [-0.1, -0.05) is 23.7 Å². The first kappa shape index (κ1) is 13.6. The first-order valence-electron chi connectivity index (χ1n) is 5.79. The maximum atomic E-state index is 6.05. The third-order valence-corrected chi connectivity index (χ3v) is 6.33. The van der Waals surface area contributed by atoms with Crippen LogP contribution in [-0.2, 0) is 0 Å². The molecule has 5 heteroatoms. The van der Waals surface area contributed by atoms with Crippen molar-refractivity contribution >= 4 is 60.3 Å². The number of nitrogens with one attached hydrogen (secondary N) is 1. The number of thiophene rings is 2. The van der Waals surface area contributed by atoms with Gasteiger partial charge >= 0.3 is 0 Å². The molecule has 98 valence electrons. The van der Waals surface area contributed by atoms with Gasteiger partial charge in [-0.2, -0.15) is 0 Å². The predicted octanol–water partition coefficient (Wildman–Crippen LogP) is 5.69. The van der Waals surface area contributed by atoms with Gasteiger partial charge in [0.15, 0.2) is 0 Å². The van der Waals surface area contributed by atoms with E-state index in [9.17, 15) is 0 Å². The lowest BCUT2D eigenvalue weighted by Gasteiger charge is -2.14. The molecule has 0 fully saturated rings. The molecule has 1 nitrogen and oxygen atoms in total. The maximum absolute atomic E-state index is 6.05. The molecule has 2 aromatic heterocycles. The Morgan fingerprint density at radius 2 is 2.11 bits per heavy atom. The van der Waals surface area contributed by atoms with E-state index >= 15 is 0 Å². The second kappa shape index (κ2) is 5.54. The van der Waals surface area contributed by atoms with Gasteiger partial charge in [0.25, 0.3) is 0 Å². The molecular weight excluding hydrogens is 362 g/mol. The minimum atomic E-state index is 0.195. The van der Waals surface area contributed by atoms with Crippen molar-refractivity contribution in [2.45, 2.75) is 6.04 Å². The van der Waals surface area contributed by atoms with Crippen LogP contribution < -0.4 is 5.32 Å². The summed E-state index contributed by atoms with van der Waals surface area (Å²) in [4.78, 5) is 1.24. The zero-order valence-corrected chi connectivity index (χ0v) is 14.1. The number of fused-ring (bicyclic) bond motifs is 1. The SMILES string of the molecule is CNC(c1ccc(Cl)s1)c1csc2c(Br)cccc12. The highest BCUT2D eigenvalue weighted by Crippen LogP contribution is 2.39.